The zero-order chi connectivity index (χ0) is 17.0. The lowest BCUT2D eigenvalue weighted by molar-refractivity contribution is 0.627. The lowest BCUT2D eigenvalue weighted by Gasteiger charge is -2.06. The van der Waals surface area contributed by atoms with E-state index in [1.807, 2.05) is 23.5 Å². The average molecular weight is 359 g/mol. The van der Waals surface area contributed by atoms with Gasteiger partial charge in [-0.1, -0.05) is 70.2 Å². The van der Waals surface area contributed by atoms with Gasteiger partial charge in [0.15, 0.2) is 0 Å². The maximum atomic E-state index is 2.28. The summed E-state index contributed by atoms with van der Waals surface area (Å²) in [6.45, 7) is 4.47. The summed E-state index contributed by atoms with van der Waals surface area (Å²) < 4.78 is 0. The molecule has 0 spiro atoms. The molecule has 0 aromatic heterocycles. The van der Waals surface area contributed by atoms with Gasteiger partial charge in [0, 0.05) is 9.79 Å². The second-order valence-electron chi connectivity index (χ2n) is 6.10. The van der Waals surface area contributed by atoms with E-state index >= 15 is 0 Å². The minimum Gasteiger partial charge on any atom is -0.126 e. The van der Waals surface area contributed by atoms with Crippen LogP contribution in [0.3, 0.4) is 0 Å². The van der Waals surface area contributed by atoms with Crippen molar-refractivity contribution in [1.82, 2.24) is 0 Å². The van der Waals surface area contributed by atoms with Crippen molar-refractivity contribution in [2.45, 2.75) is 62.2 Å². The summed E-state index contributed by atoms with van der Waals surface area (Å²) in [7, 11) is 0. The molecule has 2 aromatic carbocycles. The molecule has 2 aromatic rings. The molecule has 130 valence electrons. The molecular formula is C22H30S2. The van der Waals surface area contributed by atoms with E-state index in [1.165, 1.54) is 65.2 Å². The van der Waals surface area contributed by atoms with E-state index in [2.05, 4.69) is 62.4 Å². The molecule has 0 heterocycles. The highest BCUT2D eigenvalue weighted by atomic mass is 32.2. The van der Waals surface area contributed by atoms with Gasteiger partial charge in [-0.2, -0.15) is 0 Å². The summed E-state index contributed by atoms with van der Waals surface area (Å²) in [4.78, 5) is 2.75. The third-order valence-corrected chi connectivity index (χ3v) is 6.11. The number of unbranched alkanes of at least 4 members (excludes halogenated alkanes) is 5. The molecule has 0 radical (unpaired) electrons. The van der Waals surface area contributed by atoms with Gasteiger partial charge in [0.2, 0.25) is 0 Å². The van der Waals surface area contributed by atoms with Crippen LogP contribution in [0, 0.1) is 0 Å². The normalized spacial score (nSPS) is 10.9. The van der Waals surface area contributed by atoms with Gasteiger partial charge in [0.1, 0.15) is 0 Å². The number of rotatable bonds is 11. The molecule has 0 unspecified atom stereocenters. The largest absolute Gasteiger partial charge is 0.126 e. The van der Waals surface area contributed by atoms with E-state index in [1.54, 1.807) is 0 Å². The van der Waals surface area contributed by atoms with E-state index in [4.69, 9.17) is 0 Å². The summed E-state index contributed by atoms with van der Waals surface area (Å²) >= 11 is 3.89. The Hall–Kier alpha value is -0.860. The molecule has 0 atom stereocenters. The molecule has 0 N–H and O–H groups in total. The van der Waals surface area contributed by atoms with Crippen LogP contribution in [-0.4, -0.2) is 11.5 Å². The van der Waals surface area contributed by atoms with E-state index in [-0.39, 0.29) is 0 Å². The standard InChI is InChI=1S/C22H30S2/c1-3-5-6-7-8-9-18-24-22-16-12-20(13-17-22)19-10-14-21(15-11-19)23-4-2/h10-17H,3-9,18H2,1-2H3. The Morgan fingerprint density at radius 2 is 1.08 bits per heavy atom. The van der Waals surface area contributed by atoms with Crippen molar-refractivity contribution in [1.29, 1.82) is 0 Å². The second-order valence-corrected chi connectivity index (χ2v) is 8.60. The van der Waals surface area contributed by atoms with Crippen LogP contribution in [0.2, 0.25) is 0 Å². The average Bonchev–Trinajstić information content (AvgIpc) is 2.62. The van der Waals surface area contributed by atoms with Crippen LogP contribution in [-0.2, 0) is 0 Å². The molecule has 0 saturated heterocycles. The molecule has 0 saturated carbocycles. The molecule has 0 amide bonds. The fraction of sp³-hybridized carbons (Fsp3) is 0.455. The fourth-order valence-corrected chi connectivity index (χ4v) is 4.30. The Bertz CT molecular complexity index is 558. The first kappa shape index (κ1) is 19.5. The fourth-order valence-electron chi connectivity index (χ4n) is 2.73. The summed E-state index contributed by atoms with van der Waals surface area (Å²) in [5.41, 5.74) is 2.62. The zero-order valence-electron chi connectivity index (χ0n) is 15.1. The smallest absolute Gasteiger partial charge is 0.00723 e. The summed E-state index contributed by atoms with van der Waals surface area (Å²) in [5.74, 6) is 2.37. The van der Waals surface area contributed by atoms with Gasteiger partial charge in [0.05, 0.1) is 0 Å². The molecule has 2 heteroatoms. The van der Waals surface area contributed by atoms with Crippen molar-refractivity contribution in [2.75, 3.05) is 11.5 Å². The van der Waals surface area contributed by atoms with Gasteiger partial charge in [-0.15, -0.1) is 23.5 Å². The minimum absolute atomic E-state index is 1.13. The van der Waals surface area contributed by atoms with Gasteiger partial charge in [-0.05, 0) is 53.3 Å². The topological polar surface area (TPSA) is 0 Å². The van der Waals surface area contributed by atoms with Gasteiger partial charge >= 0.3 is 0 Å². The first-order valence-electron chi connectivity index (χ1n) is 9.29. The van der Waals surface area contributed by atoms with Crippen LogP contribution < -0.4 is 0 Å². The zero-order valence-corrected chi connectivity index (χ0v) is 16.7. The molecule has 0 bridgehead atoms. The number of thioether (sulfide) groups is 2. The molecule has 24 heavy (non-hydrogen) atoms. The highest BCUT2D eigenvalue weighted by Crippen LogP contribution is 2.27. The van der Waals surface area contributed by atoms with Crippen molar-refractivity contribution in [3.8, 4) is 11.1 Å². The Morgan fingerprint density at radius 1 is 0.583 bits per heavy atom. The Morgan fingerprint density at radius 3 is 1.62 bits per heavy atom. The third kappa shape index (κ3) is 6.94. The van der Waals surface area contributed by atoms with Crippen molar-refractivity contribution < 1.29 is 0 Å². The van der Waals surface area contributed by atoms with E-state index in [9.17, 15) is 0 Å². The van der Waals surface area contributed by atoms with Crippen molar-refractivity contribution in [2.24, 2.45) is 0 Å². The summed E-state index contributed by atoms with van der Waals surface area (Å²) in [5, 5.41) is 0. The number of hydrogen-bond acceptors (Lipinski definition) is 2. The summed E-state index contributed by atoms with van der Waals surface area (Å²) in [6, 6.07) is 18.0. The number of benzene rings is 2. The van der Waals surface area contributed by atoms with E-state index in [0.29, 0.717) is 0 Å². The third-order valence-electron chi connectivity index (χ3n) is 4.12. The molecule has 2 rings (SSSR count). The Labute approximate surface area is 156 Å². The Balaban J connectivity index is 1.76. The quantitative estimate of drug-likeness (QED) is 0.295. The molecule has 0 aliphatic carbocycles. The molecule has 0 fully saturated rings. The Kier molecular flexibility index (Phi) is 9.45. The number of hydrogen-bond donors (Lipinski definition) is 0. The van der Waals surface area contributed by atoms with Crippen molar-refractivity contribution in [3.05, 3.63) is 48.5 Å². The molecule has 0 aliphatic heterocycles. The lowest BCUT2D eigenvalue weighted by Crippen LogP contribution is -1.83. The van der Waals surface area contributed by atoms with E-state index in [0.717, 1.165) is 5.75 Å². The first-order chi connectivity index (χ1) is 11.8. The van der Waals surface area contributed by atoms with Crippen LogP contribution in [0.25, 0.3) is 11.1 Å². The second kappa shape index (κ2) is 11.7. The van der Waals surface area contributed by atoms with Gasteiger partial charge in [0.25, 0.3) is 0 Å². The predicted octanol–water partition coefficient (Wildman–Crippen LogP) is 7.92. The van der Waals surface area contributed by atoms with E-state index < -0.39 is 0 Å². The summed E-state index contributed by atoms with van der Waals surface area (Å²) in [6.07, 6.45) is 8.26. The predicted molar refractivity (Wildman–Crippen MR) is 112 cm³/mol. The van der Waals surface area contributed by atoms with Crippen LogP contribution in [0.4, 0.5) is 0 Å². The van der Waals surface area contributed by atoms with Crippen molar-refractivity contribution in [3.63, 3.8) is 0 Å². The lowest BCUT2D eigenvalue weighted by atomic mass is 10.1. The van der Waals surface area contributed by atoms with Gasteiger partial charge in [-0.3, -0.25) is 0 Å². The maximum absolute atomic E-state index is 2.28. The highest BCUT2D eigenvalue weighted by Gasteiger charge is 2.00. The first-order valence-corrected chi connectivity index (χ1v) is 11.3. The molecule has 0 nitrogen and oxygen atoms in total. The van der Waals surface area contributed by atoms with Crippen molar-refractivity contribution >= 4 is 23.5 Å². The highest BCUT2D eigenvalue weighted by molar-refractivity contribution is 7.99. The monoisotopic (exact) mass is 358 g/mol. The maximum Gasteiger partial charge on any atom is 0.00723 e. The van der Waals surface area contributed by atoms with Crippen LogP contribution in [0.1, 0.15) is 52.4 Å². The van der Waals surface area contributed by atoms with Gasteiger partial charge < -0.3 is 0 Å². The van der Waals surface area contributed by atoms with Crippen LogP contribution in [0.15, 0.2) is 58.3 Å². The van der Waals surface area contributed by atoms with Crippen LogP contribution in [0.5, 0.6) is 0 Å². The SMILES string of the molecule is CCCCCCCCSc1ccc(-c2ccc(SCC)cc2)cc1. The molecule has 0 aliphatic rings. The molecular weight excluding hydrogens is 328 g/mol. The van der Waals surface area contributed by atoms with Crippen LogP contribution >= 0.6 is 23.5 Å². The van der Waals surface area contributed by atoms with Gasteiger partial charge in [-0.25, -0.2) is 0 Å². The minimum atomic E-state index is 1.13.